The smallest absolute Gasteiger partial charge is 0.263 e. The molecular formula is C22H17NO. The Morgan fingerprint density at radius 1 is 0.792 bits per heavy atom. The molecule has 1 aliphatic heterocycles. The number of amides is 1. The van der Waals surface area contributed by atoms with Gasteiger partial charge in [0.1, 0.15) is 0 Å². The third-order valence-electron chi connectivity index (χ3n) is 4.27. The molecule has 3 aromatic rings. The van der Waals surface area contributed by atoms with Crippen molar-refractivity contribution in [2.75, 3.05) is 4.90 Å². The Morgan fingerprint density at radius 3 is 2.21 bits per heavy atom. The highest BCUT2D eigenvalue weighted by Crippen LogP contribution is 2.41. The molecule has 0 atom stereocenters. The minimum Gasteiger partial charge on any atom is -0.276 e. The maximum atomic E-state index is 13.1. The van der Waals surface area contributed by atoms with Crippen molar-refractivity contribution in [3.8, 4) is 0 Å². The number of nitrogens with zero attached hydrogens (tertiary/aromatic N) is 1. The van der Waals surface area contributed by atoms with E-state index < -0.39 is 0 Å². The molecule has 24 heavy (non-hydrogen) atoms. The normalized spacial score (nSPS) is 15.0. The van der Waals surface area contributed by atoms with Crippen LogP contribution in [0.2, 0.25) is 0 Å². The zero-order chi connectivity index (χ0) is 16.5. The first-order valence-corrected chi connectivity index (χ1v) is 8.01. The second kappa shape index (κ2) is 5.82. The lowest BCUT2D eigenvalue weighted by Gasteiger charge is -2.16. The molecule has 0 unspecified atom stereocenters. The largest absolute Gasteiger partial charge is 0.276 e. The number of para-hydroxylation sites is 2. The molecule has 0 aliphatic carbocycles. The minimum absolute atomic E-state index is 0.0166. The highest BCUT2D eigenvalue weighted by molar-refractivity contribution is 6.37. The van der Waals surface area contributed by atoms with Crippen molar-refractivity contribution < 1.29 is 4.79 Å². The predicted molar refractivity (Wildman–Crippen MR) is 99.1 cm³/mol. The SMILES string of the molecule is Cc1ccc(C=C2C(=O)N(c3ccccc3)c3ccccc32)cc1. The highest BCUT2D eigenvalue weighted by Gasteiger charge is 2.32. The maximum absolute atomic E-state index is 13.1. The van der Waals surface area contributed by atoms with Crippen LogP contribution in [0.3, 0.4) is 0 Å². The van der Waals surface area contributed by atoms with Gasteiger partial charge in [0, 0.05) is 11.3 Å². The molecule has 0 radical (unpaired) electrons. The van der Waals surface area contributed by atoms with E-state index in [0.29, 0.717) is 0 Å². The molecule has 0 aromatic heterocycles. The van der Waals surface area contributed by atoms with Crippen molar-refractivity contribution in [3.05, 3.63) is 95.6 Å². The summed E-state index contributed by atoms with van der Waals surface area (Å²) in [6.07, 6.45) is 1.98. The number of hydrogen-bond donors (Lipinski definition) is 0. The molecule has 0 saturated heterocycles. The zero-order valence-electron chi connectivity index (χ0n) is 13.4. The van der Waals surface area contributed by atoms with E-state index in [-0.39, 0.29) is 5.91 Å². The quantitative estimate of drug-likeness (QED) is 0.595. The summed E-state index contributed by atoms with van der Waals surface area (Å²) in [7, 11) is 0. The van der Waals surface area contributed by atoms with E-state index in [9.17, 15) is 4.79 Å². The summed E-state index contributed by atoms with van der Waals surface area (Å²) in [6.45, 7) is 2.06. The Kier molecular flexibility index (Phi) is 3.51. The number of carbonyl (C=O) groups excluding carboxylic acids is 1. The van der Waals surface area contributed by atoms with Crippen LogP contribution in [0.5, 0.6) is 0 Å². The molecule has 0 N–H and O–H groups in total. The van der Waals surface area contributed by atoms with Gasteiger partial charge in [0.15, 0.2) is 0 Å². The van der Waals surface area contributed by atoms with Crippen LogP contribution >= 0.6 is 0 Å². The summed E-state index contributed by atoms with van der Waals surface area (Å²) in [5.74, 6) is 0.0166. The molecule has 4 rings (SSSR count). The van der Waals surface area contributed by atoms with Gasteiger partial charge in [-0.15, -0.1) is 0 Å². The first-order valence-electron chi connectivity index (χ1n) is 8.01. The molecule has 2 heteroatoms. The summed E-state index contributed by atoms with van der Waals surface area (Å²) in [5, 5.41) is 0. The molecule has 1 aliphatic rings. The topological polar surface area (TPSA) is 20.3 Å². The molecule has 1 heterocycles. The van der Waals surface area contributed by atoms with E-state index in [2.05, 4.69) is 19.1 Å². The Labute approximate surface area is 141 Å². The first kappa shape index (κ1) is 14.5. The molecule has 0 saturated carbocycles. The van der Waals surface area contributed by atoms with Gasteiger partial charge in [-0.25, -0.2) is 0 Å². The van der Waals surface area contributed by atoms with E-state index in [1.54, 1.807) is 4.90 Å². The number of anilines is 2. The van der Waals surface area contributed by atoms with Crippen molar-refractivity contribution in [1.29, 1.82) is 0 Å². The Bertz CT molecular complexity index is 924. The maximum Gasteiger partial charge on any atom is 0.263 e. The van der Waals surface area contributed by atoms with E-state index >= 15 is 0 Å². The van der Waals surface area contributed by atoms with Crippen molar-refractivity contribution in [2.24, 2.45) is 0 Å². The lowest BCUT2D eigenvalue weighted by atomic mass is 10.0. The standard InChI is InChI=1S/C22H17NO/c1-16-11-13-17(14-12-16)15-20-19-9-5-6-10-21(19)23(22(20)24)18-7-3-2-4-8-18/h2-15H,1H3. The van der Waals surface area contributed by atoms with Crippen LogP contribution in [0, 0.1) is 6.92 Å². The number of hydrogen-bond acceptors (Lipinski definition) is 1. The van der Waals surface area contributed by atoms with Crippen LogP contribution in [-0.4, -0.2) is 5.91 Å². The van der Waals surface area contributed by atoms with Crippen LogP contribution in [0.4, 0.5) is 11.4 Å². The monoisotopic (exact) mass is 311 g/mol. The third kappa shape index (κ3) is 2.42. The van der Waals surface area contributed by atoms with Gasteiger partial charge in [-0.2, -0.15) is 0 Å². The molecule has 0 bridgehead atoms. The molecule has 1 amide bonds. The van der Waals surface area contributed by atoms with E-state index in [4.69, 9.17) is 0 Å². The average Bonchev–Trinajstić information content (AvgIpc) is 2.90. The van der Waals surface area contributed by atoms with Crippen LogP contribution in [-0.2, 0) is 4.79 Å². The number of rotatable bonds is 2. The van der Waals surface area contributed by atoms with Crippen molar-refractivity contribution in [3.63, 3.8) is 0 Å². The fourth-order valence-electron chi connectivity index (χ4n) is 3.04. The van der Waals surface area contributed by atoms with Gasteiger partial charge in [0.25, 0.3) is 5.91 Å². The minimum atomic E-state index is 0.0166. The molecular weight excluding hydrogens is 294 g/mol. The van der Waals surface area contributed by atoms with Crippen molar-refractivity contribution in [1.82, 2.24) is 0 Å². The van der Waals surface area contributed by atoms with Gasteiger partial charge in [-0.05, 0) is 36.8 Å². The van der Waals surface area contributed by atoms with Gasteiger partial charge in [-0.1, -0.05) is 66.2 Å². The summed E-state index contributed by atoms with van der Waals surface area (Å²) < 4.78 is 0. The fourth-order valence-corrected chi connectivity index (χ4v) is 3.04. The Hall–Kier alpha value is -3.13. The Balaban J connectivity index is 1.85. The van der Waals surface area contributed by atoms with E-state index in [1.807, 2.05) is 72.8 Å². The van der Waals surface area contributed by atoms with Crippen LogP contribution in [0.15, 0.2) is 78.9 Å². The summed E-state index contributed by atoms with van der Waals surface area (Å²) in [5.41, 5.74) is 5.79. The lowest BCUT2D eigenvalue weighted by molar-refractivity contribution is -0.112. The van der Waals surface area contributed by atoms with Crippen LogP contribution in [0.1, 0.15) is 16.7 Å². The molecule has 2 nitrogen and oxygen atoms in total. The van der Waals surface area contributed by atoms with Gasteiger partial charge >= 0.3 is 0 Å². The number of aryl methyl sites for hydroxylation is 1. The van der Waals surface area contributed by atoms with E-state index in [0.717, 1.165) is 28.1 Å². The molecule has 116 valence electrons. The Morgan fingerprint density at radius 2 is 1.46 bits per heavy atom. The third-order valence-corrected chi connectivity index (χ3v) is 4.27. The van der Waals surface area contributed by atoms with Crippen molar-refractivity contribution >= 4 is 28.9 Å². The number of benzene rings is 3. The fraction of sp³-hybridized carbons (Fsp3) is 0.0455. The van der Waals surface area contributed by atoms with Gasteiger partial charge in [0.05, 0.1) is 11.3 Å². The number of carbonyl (C=O) groups is 1. The van der Waals surface area contributed by atoms with Gasteiger partial charge in [-0.3, -0.25) is 9.69 Å². The average molecular weight is 311 g/mol. The van der Waals surface area contributed by atoms with Gasteiger partial charge in [0.2, 0.25) is 0 Å². The zero-order valence-corrected chi connectivity index (χ0v) is 13.4. The number of fused-ring (bicyclic) bond motifs is 1. The summed E-state index contributed by atoms with van der Waals surface area (Å²) in [6, 6.07) is 25.9. The molecule has 3 aromatic carbocycles. The predicted octanol–water partition coefficient (Wildman–Crippen LogP) is 5.21. The molecule has 0 fully saturated rings. The van der Waals surface area contributed by atoms with Crippen LogP contribution in [0.25, 0.3) is 11.6 Å². The lowest BCUT2D eigenvalue weighted by Crippen LogP contribution is -2.20. The second-order valence-corrected chi connectivity index (χ2v) is 5.96. The molecule has 0 spiro atoms. The summed E-state index contributed by atoms with van der Waals surface area (Å²) >= 11 is 0. The van der Waals surface area contributed by atoms with Crippen molar-refractivity contribution in [2.45, 2.75) is 6.92 Å². The first-order chi connectivity index (χ1) is 11.7. The van der Waals surface area contributed by atoms with Gasteiger partial charge < -0.3 is 0 Å². The second-order valence-electron chi connectivity index (χ2n) is 5.96. The summed E-state index contributed by atoms with van der Waals surface area (Å²) in [4.78, 5) is 14.9. The van der Waals surface area contributed by atoms with E-state index in [1.165, 1.54) is 5.56 Å². The van der Waals surface area contributed by atoms with Crippen LogP contribution < -0.4 is 4.90 Å². The highest BCUT2D eigenvalue weighted by atomic mass is 16.2.